The number of pyridine rings is 1. The summed E-state index contributed by atoms with van der Waals surface area (Å²) in [6.07, 6.45) is 5.40. The third-order valence-electron chi connectivity index (χ3n) is 1.48. The first-order valence-electron chi connectivity index (χ1n) is 4.50. The lowest BCUT2D eigenvalue weighted by Gasteiger charge is -2.05. The van der Waals surface area contributed by atoms with Crippen LogP contribution in [0.1, 0.15) is 6.92 Å². The molecule has 0 aromatic carbocycles. The van der Waals surface area contributed by atoms with Crippen molar-refractivity contribution in [1.82, 2.24) is 4.98 Å². The monoisotopic (exact) mass is 259 g/mol. The Hall–Kier alpha value is -1.07. The molecular weight excluding hydrogens is 246 g/mol. The van der Waals surface area contributed by atoms with Gasteiger partial charge >= 0.3 is 0 Å². The summed E-state index contributed by atoms with van der Waals surface area (Å²) >= 11 is 6.00. The first-order chi connectivity index (χ1) is 7.28. The first kappa shape index (κ1) is 13.0. The highest BCUT2D eigenvalue weighted by atomic mass is 35.5. The summed E-state index contributed by atoms with van der Waals surface area (Å²) < 4.78 is 4.33. The van der Waals surface area contributed by atoms with Crippen molar-refractivity contribution in [2.45, 2.75) is 6.92 Å². The predicted molar refractivity (Wildman–Crippen MR) is 72.0 cm³/mol. The van der Waals surface area contributed by atoms with E-state index in [2.05, 4.69) is 20.5 Å². The zero-order valence-corrected chi connectivity index (χ0v) is 11.0. The number of hydrogen-bond acceptors (Lipinski definition) is 3. The van der Waals surface area contributed by atoms with Gasteiger partial charge in [0.25, 0.3) is 0 Å². The van der Waals surface area contributed by atoms with Crippen LogP contribution in [0, 0.1) is 0 Å². The van der Waals surface area contributed by atoms with Crippen LogP contribution in [0.5, 0.6) is 0 Å². The van der Waals surface area contributed by atoms with Gasteiger partial charge in [-0.3, -0.25) is 4.79 Å². The fourth-order valence-corrected chi connectivity index (χ4v) is 1.88. The van der Waals surface area contributed by atoms with Gasteiger partial charge in [-0.1, -0.05) is 17.5 Å². The van der Waals surface area contributed by atoms with Crippen LogP contribution < -0.4 is 5.32 Å². The van der Waals surface area contributed by atoms with E-state index in [1.165, 1.54) is 13.1 Å². The fourth-order valence-electron chi connectivity index (χ4n) is 1.00. The zero-order chi connectivity index (χ0) is 12.3. The highest BCUT2D eigenvalue weighted by Gasteiger charge is 2.03. The summed E-state index contributed by atoms with van der Waals surface area (Å²) in [5, 5.41) is 3.01. The summed E-state index contributed by atoms with van der Waals surface area (Å²) in [6.45, 7) is 1.43. The molecule has 88 valence electrons. The quantitative estimate of drug-likeness (QED) is 0.829. The molecule has 1 rings (SSSR count). The van der Waals surface area contributed by atoms with Crippen molar-refractivity contribution in [1.29, 1.82) is 0 Å². The summed E-state index contributed by atoms with van der Waals surface area (Å²) in [5.41, 5.74) is 0.563. The molecule has 1 aromatic rings. The van der Waals surface area contributed by atoms with Crippen LogP contribution in [0.3, 0.4) is 0 Å². The number of aromatic nitrogens is 1. The topological polar surface area (TPSA) is 54.4 Å². The van der Waals surface area contributed by atoms with Crippen LogP contribution in [-0.2, 0) is 14.2 Å². The van der Waals surface area contributed by atoms with E-state index < -0.39 is 9.41 Å². The largest absolute Gasteiger partial charge is 0.325 e. The molecule has 0 fully saturated rings. The lowest BCUT2D eigenvalue weighted by molar-refractivity contribution is -0.114. The van der Waals surface area contributed by atoms with Crippen molar-refractivity contribution in [3.63, 3.8) is 0 Å². The fraction of sp³-hybridized carbons (Fsp3) is 0.300. The Labute approximate surface area is 101 Å². The van der Waals surface area contributed by atoms with Gasteiger partial charge in [0.15, 0.2) is 5.82 Å². The van der Waals surface area contributed by atoms with E-state index in [4.69, 9.17) is 11.6 Å². The maximum atomic E-state index is 10.8. The normalized spacial score (nSPS) is 11.0. The van der Waals surface area contributed by atoms with Crippen LogP contribution in [0.2, 0.25) is 5.02 Å². The molecule has 0 saturated carbocycles. The second-order valence-electron chi connectivity index (χ2n) is 3.78. The molecule has 0 aliphatic carbocycles. The van der Waals surface area contributed by atoms with Gasteiger partial charge in [0.05, 0.1) is 16.9 Å². The van der Waals surface area contributed by atoms with E-state index in [1.807, 2.05) is 12.5 Å². The molecule has 1 N–H and O–H groups in total. The van der Waals surface area contributed by atoms with Crippen molar-refractivity contribution in [2.24, 2.45) is 4.36 Å². The van der Waals surface area contributed by atoms with Gasteiger partial charge in [0.1, 0.15) is 0 Å². The average Bonchev–Trinajstić information content (AvgIpc) is 2.06. The van der Waals surface area contributed by atoms with Crippen molar-refractivity contribution in [3.8, 4) is 0 Å². The molecule has 0 bridgehead atoms. The highest BCUT2D eigenvalue weighted by Crippen LogP contribution is 2.25. The molecular formula is C10H14ClN3OS. The maximum absolute atomic E-state index is 10.8. The molecule has 0 spiro atoms. The molecule has 0 saturated heterocycles. The number of anilines is 1. The van der Waals surface area contributed by atoms with Crippen molar-refractivity contribution in [2.75, 3.05) is 17.8 Å². The summed E-state index contributed by atoms with van der Waals surface area (Å²) in [7, 11) is -1.29. The molecule has 0 atom stereocenters. The zero-order valence-electron chi connectivity index (χ0n) is 9.45. The molecule has 0 aliphatic rings. The Morgan fingerprint density at radius 1 is 1.62 bits per heavy atom. The molecule has 0 unspecified atom stereocenters. The lowest BCUT2D eigenvalue weighted by atomic mass is 10.4. The number of carbonyl (C=O) groups excluding carboxylic acids is 1. The molecule has 4 nitrogen and oxygen atoms in total. The molecule has 1 aromatic heterocycles. The molecule has 16 heavy (non-hydrogen) atoms. The van der Waals surface area contributed by atoms with E-state index in [0.717, 1.165) is 0 Å². The van der Waals surface area contributed by atoms with Crippen molar-refractivity contribution >= 4 is 44.3 Å². The minimum absolute atomic E-state index is 0.161. The van der Waals surface area contributed by atoms with Gasteiger partial charge in [-0.2, -0.15) is 0 Å². The minimum Gasteiger partial charge on any atom is -0.325 e. The Morgan fingerprint density at radius 2 is 2.25 bits per heavy atom. The van der Waals surface area contributed by atoms with Gasteiger partial charge in [0.2, 0.25) is 5.91 Å². The third kappa shape index (κ3) is 4.20. The highest BCUT2D eigenvalue weighted by molar-refractivity contribution is 8.01. The number of nitrogens with one attached hydrogen (secondary N) is 1. The van der Waals surface area contributed by atoms with Gasteiger partial charge in [-0.05, 0) is 18.6 Å². The summed E-state index contributed by atoms with van der Waals surface area (Å²) in [4.78, 5) is 14.9. The molecule has 1 heterocycles. The van der Waals surface area contributed by atoms with E-state index >= 15 is 0 Å². The number of halogens is 1. The Bertz CT molecular complexity index is 525. The number of nitrogens with zero attached hydrogens (tertiary/aromatic N) is 2. The molecule has 6 heteroatoms. The molecule has 0 aliphatic heterocycles. The first-order valence-corrected chi connectivity index (χ1v) is 7.46. The number of carbonyl (C=O) groups is 1. The second-order valence-corrected chi connectivity index (χ2v) is 7.33. The van der Waals surface area contributed by atoms with E-state index in [-0.39, 0.29) is 5.91 Å². The predicted octanol–water partition coefficient (Wildman–Crippen LogP) is 2.35. The Morgan fingerprint density at radius 3 is 2.69 bits per heavy atom. The van der Waals surface area contributed by atoms with E-state index in [9.17, 15) is 4.79 Å². The standard InChI is InChI=1S/C10H14ClN3OS/c1-7(15)13-8-5-9(11)10(12-6-8)14-16(2,3)4/h5-6H,2H2,1,3-4H3,(H,13,15). The van der Waals surface area contributed by atoms with Crippen LogP contribution in [-0.4, -0.2) is 29.3 Å². The minimum atomic E-state index is -1.29. The summed E-state index contributed by atoms with van der Waals surface area (Å²) in [5.74, 6) is 4.23. The average molecular weight is 260 g/mol. The Kier molecular flexibility index (Phi) is 3.93. The van der Waals surface area contributed by atoms with Crippen LogP contribution in [0.4, 0.5) is 11.5 Å². The molecule has 1 amide bonds. The van der Waals surface area contributed by atoms with Crippen molar-refractivity contribution < 1.29 is 4.79 Å². The van der Waals surface area contributed by atoms with E-state index in [0.29, 0.717) is 16.5 Å². The van der Waals surface area contributed by atoms with Gasteiger partial charge in [0, 0.05) is 6.92 Å². The number of amides is 1. The third-order valence-corrected chi connectivity index (χ3v) is 2.42. The lowest BCUT2D eigenvalue weighted by Crippen LogP contribution is -2.05. The summed E-state index contributed by atoms with van der Waals surface area (Å²) in [6, 6.07) is 1.62. The second kappa shape index (κ2) is 4.84. The Balaban J connectivity index is 3.10. The molecule has 0 radical (unpaired) electrons. The van der Waals surface area contributed by atoms with Gasteiger partial charge in [-0.15, -0.1) is 9.41 Å². The number of rotatable bonds is 2. The van der Waals surface area contributed by atoms with Crippen LogP contribution in [0.25, 0.3) is 0 Å². The van der Waals surface area contributed by atoms with Crippen molar-refractivity contribution in [3.05, 3.63) is 17.3 Å². The number of hydrogen-bond donors (Lipinski definition) is 1. The van der Waals surface area contributed by atoms with Gasteiger partial charge in [-0.25, -0.2) is 9.35 Å². The SMILES string of the molecule is C=S(C)(C)=Nc1ncc(NC(C)=O)cc1Cl. The van der Waals surface area contributed by atoms with Crippen LogP contribution >= 0.6 is 11.6 Å². The van der Waals surface area contributed by atoms with E-state index in [1.54, 1.807) is 6.07 Å². The maximum Gasteiger partial charge on any atom is 0.221 e. The van der Waals surface area contributed by atoms with Crippen LogP contribution in [0.15, 0.2) is 16.6 Å². The van der Waals surface area contributed by atoms with Gasteiger partial charge < -0.3 is 5.32 Å². The smallest absolute Gasteiger partial charge is 0.221 e.